The fraction of sp³-hybridized carbons (Fsp3) is 0. The molecule has 0 amide bonds. The molecule has 0 aliphatic heterocycles. The van der Waals surface area contributed by atoms with Crippen LogP contribution in [0.5, 0.6) is 0 Å². The molecule has 3 aromatic heterocycles. The molecule has 3 heterocycles. The summed E-state index contributed by atoms with van der Waals surface area (Å²) in [5, 5.41) is 32.8. The van der Waals surface area contributed by atoms with Crippen molar-refractivity contribution < 1.29 is 57.1 Å². The first-order valence-corrected chi connectivity index (χ1v) is 10.2. The van der Waals surface area contributed by atoms with Crippen LogP contribution in [0.2, 0.25) is 0 Å². The van der Waals surface area contributed by atoms with Gasteiger partial charge in [-0.1, -0.05) is 42.5 Å². The fourth-order valence-corrected chi connectivity index (χ4v) is 3.45. The van der Waals surface area contributed by atoms with Gasteiger partial charge in [0.05, 0.1) is 34.2 Å². The van der Waals surface area contributed by atoms with E-state index < -0.39 is 17.9 Å². The molecule has 0 saturated heterocycles. The summed E-state index contributed by atoms with van der Waals surface area (Å²) in [7, 11) is 0. The number of fused-ring (bicyclic) bond motifs is 3. The Kier molecular flexibility index (Phi) is 11.1. The standard InChI is InChI=1S/C14H9NO6.C12H8N2.Ni.2H2O/c16-12(17)7-1-3-9(10(5-7)13(18)19)8-2-4-11(14(20)21)15-6-8;1-3-9-5-6-10-4-2-8-14-12(10)11(9)13-7-1;;;/h1-6H,(H,16,17)(H,18,19)(H,20,21);1-8H;;2*1H2/q;;+2;;. The predicted octanol–water partition coefficient (Wildman–Crippen LogP) is 0.110. The molecule has 0 aliphatic carbocycles. The topological polar surface area (TPSA) is 222 Å². The Morgan fingerprint density at radius 1 is 0.711 bits per heavy atom. The van der Waals surface area contributed by atoms with Gasteiger partial charge >= 0.3 is 22.5 Å². The quantitative estimate of drug-likeness (QED) is 0.178. The summed E-state index contributed by atoms with van der Waals surface area (Å²) in [5.74, 6) is -4.26. The number of aromatic carboxylic acids is 3. The van der Waals surface area contributed by atoms with E-state index in [-0.39, 0.29) is 49.8 Å². The summed E-state index contributed by atoms with van der Waals surface area (Å²) in [6.07, 6.45) is 4.78. The van der Waals surface area contributed by atoms with Crippen LogP contribution in [0, 0.1) is 0 Å². The number of carboxylic acid groups (broad SMARTS) is 3. The molecule has 0 aliphatic rings. The number of pyridine rings is 3. The van der Waals surface area contributed by atoms with E-state index in [0.717, 1.165) is 27.9 Å². The van der Waals surface area contributed by atoms with Crippen LogP contribution in [0.1, 0.15) is 31.2 Å². The van der Waals surface area contributed by atoms with Crippen molar-refractivity contribution in [2.75, 3.05) is 0 Å². The normalized spacial score (nSPS) is 9.58. The van der Waals surface area contributed by atoms with Crippen molar-refractivity contribution in [1.29, 1.82) is 0 Å². The van der Waals surface area contributed by atoms with E-state index in [1.165, 1.54) is 30.5 Å². The molecule has 7 N–H and O–H groups in total. The minimum absolute atomic E-state index is 0. The summed E-state index contributed by atoms with van der Waals surface area (Å²) in [6.45, 7) is 0. The Morgan fingerprint density at radius 2 is 1.29 bits per heavy atom. The zero-order chi connectivity index (χ0) is 24.9. The average Bonchev–Trinajstić information content (AvgIpc) is 2.88. The maximum Gasteiger partial charge on any atom is 2.00 e. The van der Waals surface area contributed by atoms with Crippen molar-refractivity contribution in [3.05, 3.63) is 102 Å². The molecule has 38 heavy (non-hydrogen) atoms. The predicted molar refractivity (Wildman–Crippen MR) is 132 cm³/mol. The summed E-state index contributed by atoms with van der Waals surface area (Å²) >= 11 is 0. The van der Waals surface area contributed by atoms with Gasteiger partial charge in [-0.15, -0.1) is 0 Å². The zero-order valence-corrected chi connectivity index (χ0v) is 20.4. The van der Waals surface area contributed by atoms with Gasteiger partial charge in [0, 0.05) is 34.9 Å². The number of carbonyl (C=O) groups is 3. The van der Waals surface area contributed by atoms with Gasteiger partial charge in [0.15, 0.2) is 0 Å². The third kappa shape index (κ3) is 6.71. The van der Waals surface area contributed by atoms with Gasteiger partial charge in [-0.2, -0.15) is 0 Å². The Hall–Kier alpha value is -4.77. The van der Waals surface area contributed by atoms with E-state index in [2.05, 4.69) is 39.2 Å². The van der Waals surface area contributed by atoms with Crippen LogP contribution in [0.15, 0.2) is 85.3 Å². The second-order valence-corrected chi connectivity index (χ2v) is 7.29. The zero-order valence-electron chi connectivity index (χ0n) is 19.4. The van der Waals surface area contributed by atoms with Crippen LogP contribution in [0.3, 0.4) is 0 Å². The summed E-state index contributed by atoms with van der Waals surface area (Å²) in [6, 6.07) is 18.1. The number of aromatic nitrogens is 3. The van der Waals surface area contributed by atoms with Crippen LogP contribution < -0.4 is 10.2 Å². The van der Waals surface area contributed by atoms with Crippen LogP contribution in [0.25, 0.3) is 32.9 Å². The van der Waals surface area contributed by atoms with Crippen molar-refractivity contribution >= 4 is 39.7 Å². The second-order valence-electron chi connectivity index (χ2n) is 7.29. The van der Waals surface area contributed by atoms with Gasteiger partial charge in [-0.3, -0.25) is 15.0 Å². The summed E-state index contributed by atoms with van der Waals surface area (Å²) in [5.41, 5.74) is 1.69. The van der Waals surface area contributed by atoms with E-state index >= 15 is 0 Å². The van der Waals surface area contributed by atoms with Crippen molar-refractivity contribution in [1.82, 2.24) is 15.0 Å². The fourth-order valence-electron chi connectivity index (χ4n) is 3.45. The number of benzene rings is 2. The molecule has 0 bridgehead atoms. The number of nitrogens with zero attached hydrogens (tertiary/aromatic N) is 3. The molecule has 0 unspecified atom stereocenters. The third-order valence-corrected chi connectivity index (χ3v) is 5.11. The largest absolute Gasteiger partial charge is 2.00 e. The van der Waals surface area contributed by atoms with Crippen molar-refractivity contribution in [3.8, 4) is 11.1 Å². The van der Waals surface area contributed by atoms with Crippen molar-refractivity contribution in [2.45, 2.75) is 0 Å². The molecule has 5 aromatic rings. The number of hydrogen-bond acceptors (Lipinski definition) is 8. The summed E-state index contributed by atoms with van der Waals surface area (Å²) < 4.78 is 0. The van der Waals surface area contributed by atoms with E-state index in [4.69, 9.17) is 5.11 Å². The van der Waals surface area contributed by atoms with Gasteiger partial charge in [-0.25, -0.2) is 4.79 Å². The molecule has 0 atom stereocenters. The third-order valence-electron chi connectivity index (χ3n) is 5.11. The minimum Gasteiger partial charge on any atom is -0.545 e. The molecular weight excluding hydrogens is 541 g/mol. The molecule has 0 saturated carbocycles. The van der Waals surface area contributed by atoms with Gasteiger partial charge in [0.25, 0.3) is 0 Å². The number of carbonyl (C=O) groups excluding carboxylic acids is 2. The van der Waals surface area contributed by atoms with Gasteiger partial charge in [-0.05, 0) is 35.4 Å². The van der Waals surface area contributed by atoms with Gasteiger partial charge in [0.2, 0.25) is 0 Å². The summed E-state index contributed by atoms with van der Waals surface area (Å²) in [4.78, 5) is 44.9. The first-order valence-electron chi connectivity index (χ1n) is 10.2. The monoisotopic (exact) mass is 561 g/mol. The molecule has 11 nitrogen and oxygen atoms in total. The Balaban J connectivity index is 0.000000373. The number of hydrogen-bond donors (Lipinski definition) is 1. The average molecular weight is 562 g/mol. The molecular formula is C26H21N3NiO8+2. The Labute approximate surface area is 225 Å². The molecule has 0 fully saturated rings. The van der Waals surface area contributed by atoms with E-state index in [0.29, 0.717) is 5.56 Å². The smallest absolute Gasteiger partial charge is 0.545 e. The van der Waals surface area contributed by atoms with E-state index in [1.54, 1.807) is 12.4 Å². The van der Waals surface area contributed by atoms with Gasteiger partial charge in [0.1, 0.15) is 0 Å². The molecule has 0 radical (unpaired) electrons. The van der Waals surface area contributed by atoms with Crippen LogP contribution in [-0.4, -0.2) is 38.0 Å². The maximum absolute atomic E-state index is 11.2. The van der Waals surface area contributed by atoms with Crippen molar-refractivity contribution in [3.63, 3.8) is 0 Å². The number of carboxylic acids is 3. The Morgan fingerprint density at radius 3 is 1.74 bits per heavy atom. The van der Waals surface area contributed by atoms with Gasteiger partial charge < -0.3 is 35.9 Å². The number of rotatable bonds is 4. The SMILES string of the molecule is O=C([O-])c1ccc(-c2ccc(C(=O)[O-])nc2)c(C(=O)O)c1.[Ni+2].[OH3+].[OH3+].c1cnc2c(c1)ccc1cccnc12. The first kappa shape index (κ1) is 31.3. The minimum atomic E-state index is -1.49. The van der Waals surface area contributed by atoms with E-state index in [9.17, 15) is 24.6 Å². The van der Waals surface area contributed by atoms with Crippen LogP contribution in [0.4, 0.5) is 0 Å². The molecule has 5 rings (SSSR count). The van der Waals surface area contributed by atoms with E-state index in [1.807, 2.05) is 12.1 Å². The van der Waals surface area contributed by atoms with Crippen molar-refractivity contribution in [2.24, 2.45) is 0 Å². The van der Waals surface area contributed by atoms with Crippen LogP contribution >= 0.6 is 0 Å². The molecule has 2 aromatic carbocycles. The first-order chi connectivity index (χ1) is 16.8. The molecule has 196 valence electrons. The molecule has 0 spiro atoms. The second kappa shape index (κ2) is 13.5. The molecule has 12 heteroatoms. The van der Waals surface area contributed by atoms with Crippen LogP contribution in [-0.2, 0) is 27.4 Å². The maximum atomic E-state index is 11.2. The Bertz CT molecular complexity index is 1540.